The molecule has 188 valence electrons. The summed E-state index contributed by atoms with van der Waals surface area (Å²) in [5.41, 5.74) is 17.0. The van der Waals surface area contributed by atoms with E-state index < -0.39 is 0 Å². The van der Waals surface area contributed by atoms with Crippen LogP contribution < -0.4 is 10.6 Å². The van der Waals surface area contributed by atoms with Crippen molar-refractivity contribution in [1.29, 1.82) is 0 Å². The zero-order chi connectivity index (χ0) is 25.7. The number of anilines is 2. The Hall–Kier alpha value is -4.30. The van der Waals surface area contributed by atoms with E-state index in [9.17, 15) is 0 Å². The van der Waals surface area contributed by atoms with Crippen LogP contribution in [0.15, 0.2) is 144 Å². The molecule has 2 heteroatoms. The highest BCUT2D eigenvalue weighted by Gasteiger charge is 2.22. The van der Waals surface area contributed by atoms with Gasteiger partial charge in [0, 0.05) is 28.7 Å². The van der Waals surface area contributed by atoms with Crippen LogP contribution in [0.25, 0.3) is 16.7 Å². The van der Waals surface area contributed by atoms with Gasteiger partial charge in [-0.1, -0.05) is 91.1 Å². The monoisotopic (exact) mass is 494 g/mol. The number of nitrogen functional groups attached to an aromatic ring is 1. The third-order valence-electron chi connectivity index (χ3n) is 7.72. The van der Waals surface area contributed by atoms with Crippen LogP contribution in [0.4, 0.5) is 11.4 Å². The van der Waals surface area contributed by atoms with E-state index in [-0.39, 0.29) is 0 Å². The first-order valence-electron chi connectivity index (χ1n) is 13.7. The number of nitrogens with zero attached hydrogens (tertiary/aromatic N) is 1. The Morgan fingerprint density at radius 3 is 2.11 bits per heavy atom. The molecule has 0 bridgehead atoms. The van der Waals surface area contributed by atoms with Crippen molar-refractivity contribution >= 4 is 16.9 Å². The lowest BCUT2D eigenvalue weighted by Crippen LogP contribution is -2.23. The van der Waals surface area contributed by atoms with Gasteiger partial charge in [-0.15, -0.1) is 0 Å². The van der Waals surface area contributed by atoms with Crippen molar-refractivity contribution in [2.45, 2.75) is 32.1 Å². The summed E-state index contributed by atoms with van der Waals surface area (Å²) in [7, 11) is 0. The fourth-order valence-electron chi connectivity index (χ4n) is 5.60. The van der Waals surface area contributed by atoms with Crippen LogP contribution in [-0.4, -0.2) is 0 Å². The van der Waals surface area contributed by atoms with Crippen molar-refractivity contribution in [3.63, 3.8) is 0 Å². The molecule has 3 aliphatic carbocycles. The molecule has 38 heavy (non-hydrogen) atoms. The molecule has 0 saturated heterocycles. The molecule has 3 aliphatic rings. The minimum atomic E-state index is 0.468. The normalized spacial score (nSPS) is 18.8. The number of hydrogen-bond donors (Lipinski definition) is 1. The van der Waals surface area contributed by atoms with Crippen LogP contribution in [-0.2, 0) is 0 Å². The van der Waals surface area contributed by atoms with E-state index in [0.717, 1.165) is 37.8 Å². The zero-order valence-corrected chi connectivity index (χ0v) is 21.8. The molecular formula is C36H34N2. The van der Waals surface area contributed by atoms with Gasteiger partial charge in [-0.05, 0) is 96.4 Å². The van der Waals surface area contributed by atoms with E-state index in [2.05, 4.69) is 120 Å². The van der Waals surface area contributed by atoms with Crippen LogP contribution in [0.2, 0.25) is 0 Å². The third kappa shape index (κ3) is 5.21. The highest BCUT2D eigenvalue weighted by Crippen LogP contribution is 2.37. The van der Waals surface area contributed by atoms with Gasteiger partial charge in [0.1, 0.15) is 0 Å². The fourth-order valence-corrected chi connectivity index (χ4v) is 5.60. The summed E-state index contributed by atoms with van der Waals surface area (Å²) in [6.07, 6.45) is 24.1. The second-order valence-corrected chi connectivity index (χ2v) is 10.2. The molecule has 0 aromatic heterocycles. The first-order valence-corrected chi connectivity index (χ1v) is 13.7. The van der Waals surface area contributed by atoms with Gasteiger partial charge in [-0.3, -0.25) is 0 Å². The lowest BCUT2D eigenvalue weighted by molar-refractivity contribution is 0.757. The molecule has 6 rings (SSSR count). The molecule has 3 aromatic rings. The number of benzene rings is 3. The Bertz CT molecular complexity index is 1460. The predicted molar refractivity (Wildman–Crippen MR) is 162 cm³/mol. The van der Waals surface area contributed by atoms with E-state index >= 15 is 0 Å². The second-order valence-electron chi connectivity index (χ2n) is 10.2. The van der Waals surface area contributed by atoms with Gasteiger partial charge < -0.3 is 10.6 Å². The molecule has 0 fully saturated rings. The maximum absolute atomic E-state index is 5.91. The Labute approximate surface area is 226 Å². The molecule has 0 heterocycles. The van der Waals surface area contributed by atoms with Gasteiger partial charge in [0.2, 0.25) is 0 Å². The maximum Gasteiger partial charge on any atom is 0.0458 e. The van der Waals surface area contributed by atoms with E-state index in [1.54, 1.807) is 0 Å². The van der Waals surface area contributed by atoms with Crippen molar-refractivity contribution in [3.8, 4) is 11.1 Å². The molecule has 1 unspecified atom stereocenters. The van der Waals surface area contributed by atoms with Gasteiger partial charge in [0.25, 0.3) is 0 Å². The molecule has 0 radical (unpaired) electrons. The van der Waals surface area contributed by atoms with Crippen LogP contribution in [0, 0.1) is 5.92 Å². The molecule has 0 amide bonds. The standard InChI is InChI=1S/C36H34N2/c37-33-19-11-29(12-20-33)32-17-25-36(26-18-32)38(34-21-13-30(14-22-34)27-7-3-1-4-8-27)35-23-15-31(16-24-35)28-9-5-2-6-10-28/h1,3-5,7-15,17,19-25,31H,2,6,16,18,26,37H2. The van der Waals surface area contributed by atoms with Crippen LogP contribution in [0.1, 0.15) is 37.7 Å². The molecule has 0 aliphatic heterocycles. The van der Waals surface area contributed by atoms with Gasteiger partial charge >= 0.3 is 0 Å². The van der Waals surface area contributed by atoms with Crippen molar-refractivity contribution in [2.75, 3.05) is 10.6 Å². The Kier molecular flexibility index (Phi) is 6.95. The number of hydrogen-bond acceptors (Lipinski definition) is 2. The summed E-state index contributed by atoms with van der Waals surface area (Å²) >= 11 is 0. The first-order chi connectivity index (χ1) is 18.7. The number of allylic oxidation sites excluding steroid dienone is 11. The van der Waals surface area contributed by atoms with Crippen LogP contribution in [0.5, 0.6) is 0 Å². The quantitative estimate of drug-likeness (QED) is 0.346. The lowest BCUT2D eigenvalue weighted by atomic mass is 9.88. The van der Waals surface area contributed by atoms with Gasteiger partial charge in [-0.2, -0.15) is 0 Å². The van der Waals surface area contributed by atoms with E-state index in [0.29, 0.717) is 5.92 Å². The van der Waals surface area contributed by atoms with Crippen molar-refractivity contribution in [3.05, 3.63) is 150 Å². The van der Waals surface area contributed by atoms with Gasteiger partial charge in [-0.25, -0.2) is 0 Å². The highest BCUT2D eigenvalue weighted by atomic mass is 15.2. The third-order valence-corrected chi connectivity index (χ3v) is 7.72. The van der Waals surface area contributed by atoms with Crippen molar-refractivity contribution in [1.82, 2.24) is 0 Å². The molecule has 2 nitrogen and oxygen atoms in total. The average molecular weight is 495 g/mol. The Morgan fingerprint density at radius 1 is 0.684 bits per heavy atom. The van der Waals surface area contributed by atoms with Crippen molar-refractivity contribution in [2.24, 2.45) is 5.92 Å². The molecule has 3 aromatic carbocycles. The summed E-state index contributed by atoms with van der Waals surface area (Å²) in [6.45, 7) is 0. The summed E-state index contributed by atoms with van der Waals surface area (Å²) < 4.78 is 0. The second kappa shape index (κ2) is 11.0. The number of rotatable bonds is 6. The Balaban J connectivity index is 1.31. The predicted octanol–water partition coefficient (Wildman–Crippen LogP) is 9.24. The molecule has 0 spiro atoms. The fraction of sp³-hybridized carbons (Fsp3) is 0.167. The van der Waals surface area contributed by atoms with E-state index in [1.165, 1.54) is 44.9 Å². The topological polar surface area (TPSA) is 29.3 Å². The minimum Gasteiger partial charge on any atom is -0.399 e. The Morgan fingerprint density at radius 2 is 1.45 bits per heavy atom. The zero-order valence-electron chi connectivity index (χ0n) is 21.8. The van der Waals surface area contributed by atoms with Crippen LogP contribution in [0.3, 0.4) is 0 Å². The molecule has 1 atom stereocenters. The lowest BCUT2D eigenvalue weighted by Gasteiger charge is -2.33. The van der Waals surface area contributed by atoms with Gasteiger partial charge in [0.15, 0.2) is 0 Å². The molecule has 0 saturated carbocycles. The largest absolute Gasteiger partial charge is 0.399 e. The molecule has 2 N–H and O–H groups in total. The van der Waals surface area contributed by atoms with E-state index in [1.807, 2.05) is 12.1 Å². The average Bonchev–Trinajstić information content (AvgIpc) is 3.00. The highest BCUT2D eigenvalue weighted by molar-refractivity contribution is 5.73. The molecular weight excluding hydrogens is 460 g/mol. The maximum atomic E-state index is 5.91. The summed E-state index contributed by atoms with van der Waals surface area (Å²) in [5, 5.41) is 0. The SMILES string of the molecule is Nc1ccc(C2=CC=C(N(C3=CCC(C4=CCCC=C4)C=C3)c3ccc(-c4ccccc4)cc3)CC2)cc1. The van der Waals surface area contributed by atoms with Crippen LogP contribution >= 0.6 is 0 Å². The minimum absolute atomic E-state index is 0.468. The van der Waals surface area contributed by atoms with E-state index in [4.69, 9.17) is 5.73 Å². The summed E-state index contributed by atoms with van der Waals surface area (Å²) in [6, 6.07) is 27.8. The first kappa shape index (κ1) is 24.1. The van der Waals surface area contributed by atoms with Gasteiger partial charge in [0.05, 0.1) is 0 Å². The summed E-state index contributed by atoms with van der Waals surface area (Å²) in [4.78, 5) is 2.45. The number of nitrogens with two attached hydrogens (primary N) is 1. The smallest absolute Gasteiger partial charge is 0.0458 e. The summed E-state index contributed by atoms with van der Waals surface area (Å²) in [5.74, 6) is 0.468. The van der Waals surface area contributed by atoms with Crippen molar-refractivity contribution < 1.29 is 0 Å².